The van der Waals surface area contributed by atoms with Crippen molar-refractivity contribution in [2.24, 2.45) is 0 Å². The van der Waals surface area contributed by atoms with E-state index in [0.29, 0.717) is 5.69 Å². The zero-order valence-electron chi connectivity index (χ0n) is 10.7. The number of carbonyl (C=O) groups excluding carboxylic acids is 3. The third-order valence-electron chi connectivity index (χ3n) is 2.18. The van der Waals surface area contributed by atoms with E-state index < -0.39 is 5.97 Å². The molecular weight excluding hydrogens is 238 g/mol. The van der Waals surface area contributed by atoms with Crippen molar-refractivity contribution in [3.05, 3.63) is 11.4 Å². The summed E-state index contributed by atoms with van der Waals surface area (Å²) in [7, 11) is 0. The minimum Gasteiger partial charge on any atom is -0.461 e. The summed E-state index contributed by atoms with van der Waals surface area (Å²) >= 11 is 0. The molecule has 1 heterocycles. The van der Waals surface area contributed by atoms with Crippen LogP contribution in [0.15, 0.2) is 0 Å². The van der Waals surface area contributed by atoms with Crippen molar-refractivity contribution in [2.45, 2.75) is 27.7 Å². The van der Waals surface area contributed by atoms with Crippen molar-refractivity contribution in [3.8, 4) is 0 Å². The Balaban J connectivity index is 3.30. The first-order valence-corrected chi connectivity index (χ1v) is 5.43. The highest BCUT2D eigenvalue weighted by atomic mass is 16.5. The van der Waals surface area contributed by atoms with E-state index >= 15 is 0 Å². The van der Waals surface area contributed by atoms with Crippen molar-refractivity contribution in [3.63, 3.8) is 0 Å². The lowest BCUT2D eigenvalue weighted by Crippen LogP contribution is -2.12. The van der Waals surface area contributed by atoms with Crippen LogP contribution in [-0.2, 0) is 9.53 Å². The van der Waals surface area contributed by atoms with Gasteiger partial charge in [0.1, 0.15) is 0 Å². The van der Waals surface area contributed by atoms with Gasteiger partial charge in [-0.15, -0.1) is 0 Å². The number of ether oxygens (including phenoxy) is 1. The Hall–Kier alpha value is -2.18. The van der Waals surface area contributed by atoms with Gasteiger partial charge in [0, 0.05) is 13.8 Å². The first-order chi connectivity index (χ1) is 8.38. The molecule has 0 aliphatic carbocycles. The first-order valence-electron chi connectivity index (χ1n) is 5.43. The second-order valence-corrected chi connectivity index (χ2v) is 3.64. The molecule has 1 aromatic rings. The molecular formula is C11H15N3O4. The second-order valence-electron chi connectivity index (χ2n) is 3.64. The van der Waals surface area contributed by atoms with Crippen LogP contribution in [0.4, 0.5) is 5.69 Å². The van der Waals surface area contributed by atoms with Gasteiger partial charge in [0.15, 0.2) is 5.69 Å². The summed E-state index contributed by atoms with van der Waals surface area (Å²) in [5, 5.41) is 6.34. The fraction of sp³-hybridized carbons (Fsp3) is 0.455. The van der Waals surface area contributed by atoms with Crippen molar-refractivity contribution in [1.82, 2.24) is 9.78 Å². The predicted octanol–water partition coefficient (Wildman–Crippen LogP) is 0.987. The Kier molecular flexibility index (Phi) is 4.19. The third-order valence-corrected chi connectivity index (χ3v) is 2.18. The summed E-state index contributed by atoms with van der Waals surface area (Å²) in [4.78, 5) is 34.1. The predicted molar refractivity (Wildman–Crippen MR) is 63.5 cm³/mol. The Labute approximate surface area is 104 Å². The van der Waals surface area contributed by atoms with E-state index in [9.17, 15) is 14.4 Å². The number of nitrogens with one attached hydrogen (secondary N) is 1. The molecule has 1 amide bonds. The van der Waals surface area contributed by atoms with Gasteiger partial charge < -0.3 is 10.1 Å². The molecule has 98 valence electrons. The number of hydrogen-bond acceptors (Lipinski definition) is 5. The van der Waals surface area contributed by atoms with Gasteiger partial charge in [-0.25, -0.2) is 9.48 Å². The number of anilines is 1. The van der Waals surface area contributed by atoms with Crippen LogP contribution in [-0.4, -0.2) is 34.2 Å². The number of aromatic nitrogens is 2. The highest BCUT2D eigenvalue weighted by Gasteiger charge is 2.23. The van der Waals surface area contributed by atoms with Crippen molar-refractivity contribution < 1.29 is 19.1 Å². The standard InChI is InChI=1S/C11H15N3O4/c1-5-18-11(17)10-9(12-7(3)15)6(2)14(13-10)8(4)16/h5H2,1-4H3,(H,12,15). The molecule has 1 rings (SSSR count). The molecule has 0 unspecified atom stereocenters. The lowest BCUT2D eigenvalue weighted by Gasteiger charge is -2.03. The number of esters is 1. The minimum absolute atomic E-state index is 0.0697. The molecule has 0 fully saturated rings. The van der Waals surface area contributed by atoms with E-state index in [-0.39, 0.29) is 29.8 Å². The van der Waals surface area contributed by atoms with E-state index in [4.69, 9.17) is 4.74 Å². The normalized spacial score (nSPS) is 10.0. The molecule has 0 spiro atoms. The van der Waals surface area contributed by atoms with Crippen LogP contribution in [0, 0.1) is 6.92 Å². The van der Waals surface area contributed by atoms with Gasteiger partial charge in [-0.1, -0.05) is 0 Å². The maximum atomic E-state index is 11.7. The van der Waals surface area contributed by atoms with Gasteiger partial charge in [-0.2, -0.15) is 5.10 Å². The van der Waals surface area contributed by atoms with Crippen LogP contribution in [0.3, 0.4) is 0 Å². The number of nitrogens with zero attached hydrogens (tertiary/aromatic N) is 2. The van der Waals surface area contributed by atoms with Crippen molar-refractivity contribution >= 4 is 23.5 Å². The van der Waals surface area contributed by atoms with Crippen molar-refractivity contribution in [1.29, 1.82) is 0 Å². The van der Waals surface area contributed by atoms with Crippen LogP contribution in [0.5, 0.6) is 0 Å². The molecule has 1 aromatic heterocycles. The maximum absolute atomic E-state index is 11.7. The summed E-state index contributed by atoms with van der Waals surface area (Å²) in [6.07, 6.45) is 0. The average Bonchev–Trinajstić information content (AvgIpc) is 2.56. The molecule has 0 saturated carbocycles. The molecule has 0 aromatic carbocycles. The van der Waals surface area contributed by atoms with Gasteiger partial charge in [0.25, 0.3) is 0 Å². The van der Waals surface area contributed by atoms with E-state index in [0.717, 1.165) is 4.68 Å². The topological polar surface area (TPSA) is 90.3 Å². The van der Waals surface area contributed by atoms with E-state index in [2.05, 4.69) is 10.4 Å². The van der Waals surface area contributed by atoms with Gasteiger partial charge in [0.2, 0.25) is 11.8 Å². The van der Waals surface area contributed by atoms with Gasteiger partial charge >= 0.3 is 5.97 Å². The fourth-order valence-electron chi connectivity index (χ4n) is 1.48. The zero-order chi connectivity index (χ0) is 13.9. The lowest BCUT2D eigenvalue weighted by atomic mass is 10.3. The van der Waals surface area contributed by atoms with Crippen molar-refractivity contribution in [2.75, 3.05) is 11.9 Å². The molecule has 18 heavy (non-hydrogen) atoms. The van der Waals surface area contributed by atoms with Crippen LogP contribution in [0.2, 0.25) is 0 Å². The van der Waals surface area contributed by atoms with E-state index in [1.54, 1.807) is 13.8 Å². The Morgan fingerprint density at radius 3 is 2.39 bits per heavy atom. The number of rotatable bonds is 3. The number of carbonyl (C=O) groups is 3. The number of amides is 1. The minimum atomic E-state index is -0.677. The smallest absolute Gasteiger partial charge is 0.361 e. The first kappa shape index (κ1) is 13.9. The molecule has 7 heteroatoms. The highest BCUT2D eigenvalue weighted by molar-refractivity contribution is 6.01. The summed E-state index contributed by atoms with van der Waals surface area (Å²) < 4.78 is 5.87. The third kappa shape index (κ3) is 2.73. The second kappa shape index (κ2) is 5.44. The molecule has 0 radical (unpaired) electrons. The summed E-state index contributed by atoms with van der Waals surface area (Å²) in [5.74, 6) is -1.38. The summed E-state index contributed by atoms with van der Waals surface area (Å²) in [5.41, 5.74) is 0.525. The molecule has 0 bridgehead atoms. The average molecular weight is 253 g/mol. The largest absolute Gasteiger partial charge is 0.461 e. The van der Waals surface area contributed by atoms with Crippen LogP contribution < -0.4 is 5.32 Å². The van der Waals surface area contributed by atoms with E-state index in [1.165, 1.54) is 13.8 Å². The molecule has 0 aliphatic rings. The van der Waals surface area contributed by atoms with Gasteiger partial charge in [-0.3, -0.25) is 9.59 Å². The zero-order valence-corrected chi connectivity index (χ0v) is 10.7. The molecule has 1 N–H and O–H groups in total. The molecule has 7 nitrogen and oxygen atoms in total. The molecule has 0 atom stereocenters. The van der Waals surface area contributed by atoms with Crippen LogP contribution in [0.1, 0.15) is 41.7 Å². The Morgan fingerprint density at radius 1 is 1.33 bits per heavy atom. The maximum Gasteiger partial charge on any atom is 0.361 e. The van der Waals surface area contributed by atoms with Crippen LogP contribution in [0.25, 0.3) is 0 Å². The molecule has 0 saturated heterocycles. The number of hydrogen-bond donors (Lipinski definition) is 1. The summed E-state index contributed by atoms with van der Waals surface area (Å²) in [6.45, 7) is 6.05. The Morgan fingerprint density at radius 2 is 1.94 bits per heavy atom. The van der Waals surface area contributed by atoms with Crippen LogP contribution >= 0.6 is 0 Å². The Bertz CT molecular complexity index is 505. The van der Waals surface area contributed by atoms with Gasteiger partial charge in [-0.05, 0) is 13.8 Å². The lowest BCUT2D eigenvalue weighted by molar-refractivity contribution is -0.114. The quantitative estimate of drug-likeness (QED) is 0.811. The monoisotopic (exact) mass is 253 g/mol. The SMILES string of the molecule is CCOC(=O)c1nn(C(C)=O)c(C)c1NC(C)=O. The van der Waals surface area contributed by atoms with E-state index in [1.807, 2.05) is 0 Å². The summed E-state index contributed by atoms with van der Waals surface area (Å²) in [6, 6.07) is 0. The fourth-order valence-corrected chi connectivity index (χ4v) is 1.48. The highest BCUT2D eigenvalue weighted by Crippen LogP contribution is 2.21. The van der Waals surface area contributed by atoms with Gasteiger partial charge in [0.05, 0.1) is 18.0 Å². The molecule has 0 aliphatic heterocycles.